The van der Waals surface area contributed by atoms with Gasteiger partial charge >= 0.3 is 5.97 Å². The first-order chi connectivity index (χ1) is 12.2. The number of esters is 1. The zero-order valence-corrected chi connectivity index (χ0v) is 15.6. The molecular weight excluding hydrogens is 332 g/mol. The van der Waals surface area contributed by atoms with Crippen LogP contribution in [0.2, 0.25) is 0 Å². The van der Waals surface area contributed by atoms with Crippen LogP contribution in [-0.2, 0) is 16.1 Å². The van der Waals surface area contributed by atoms with E-state index in [1.54, 1.807) is 0 Å². The van der Waals surface area contributed by atoms with Crippen molar-refractivity contribution in [1.29, 1.82) is 0 Å². The minimum atomic E-state index is -0.482. The summed E-state index contributed by atoms with van der Waals surface area (Å²) in [6.45, 7) is 5.95. The molecule has 2 atom stereocenters. The molecule has 2 saturated heterocycles. The van der Waals surface area contributed by atoms with Crippen LogP contribution in [0.25, 0.3) is 0 Å². The normalized spacial score (nSPS) is 28.9. The molecule has 2 fully saturated rings. The molecule has 3 aliphatic rings. The smallest absolute Gasteiger partial charge is 0.319 e. The van der Waals surface area contributed by atoms with E-state index in [0.717, 1.165) is 44.8 Å². The first kappa shape index (κ1) is 17.0. The predicted octanol–water partition coefficient (Wildman–Crippen LogP) is 3.10. The molecule has 3 heterocycles. The van der Waals surface area contributed by atoms with Crippen molar-refractivity contribution in [3.8, 4) is 0 Å². The molecule has 2 unspecified atom stereocenters. The fourth-order valence-electron chi connectivity index (χ4n) is 4.45. The van der Waals surface area contributed by atoms with Gasteiger partial charge in [0.2, 0.25) is 0 Å². The summed E-state index contributed by atoms with van der Waals surface area (Å²) in [7, 11) is 0. The second kappa shape index (κ2) is 7.04. The van der Waals surface area contributed by atoms with E-state index in [1.165, 1.54) is 11.3 Å². The molecule has 4 rings (SSSR count). The molecule has 0 aromatic heterocycles. The zero-order chi connectivity index (χ0) is 17.3. The number of thioether (sulfide) groups is 1. The number of benzene rings is 1. The van der Waals surface area contributed by atoms with Crippen LogP contribution in [0.1, 0.15) is 25.3 Å². The van der Waals surface area contributed by atoms with Crippen molar-refractivity contribution in [2.75, 3.05) is 32.0 Å². The molecule has 0 radical (unpaired) electrons. The van der Waals surface area contributed by atoms with Gasteiger partial charge in [0.15, 0.2) is 0 Å². The molecule has 1 aromatic rings. The summed E-state index contributed by atoms with van der Waals surface area (Å²) in [4.78, 5) is 17.9. The lowest BCUT2D eigenvalue weighted by atomic mass is 9.74. The van der Waals surface area contributed by atoms with Crippen molar-refractivity contribution in [3.63, 3.8) is 0 Å². The van der Waals surface area contributed by atoms with Crippen molar-refractivity contribution < 1.29 is 9.53 Å². The first-order valence-corrected chi connectivity index (χ1v) is 10.3. The lowest BCUT2D eigenvalue weighted by Gasteiger charge is -2.49. The Kier molecular flexibility index (Phi) is 4.78. The van der Waals surface area contributed by atoms with Crippen LogP contribution in [0.3, 0.4) is 0 Å². The number of carbonyl (C=O) groups is 1. The van der Waals surface area contributed by atoms with Crippen LogP contribution < -0.4 is 0 Å². The number of hydrogen-bond donors (Lipinski definition) is 0. The molecule has 4 nitrogen and oxygen atoms in total. The molecule has 0 amide bonds. The summed E-state index contributed by atoms with van der Waals surface area (Å²) in [6, 6.07) is 10.5. The Morgan fingerprint density at radius 3 is 3.00 bits per heavy atom. The average molecular weight is 359 g/mol. The Morgan fingerprint density at radius 1 is 1.36 bits per heavy atom. The predicted molar refractivity (Wildman–Crippen MR) is 101 cm³/mol. The molecular formula is C20H26N2O2S. The molecule has 0 bridgehead atoms. The van der Waals surface area contributed by atoms with E-state index < -0.39 is 5.41 Å². The summed E-state index contributed by atoms with van der Waals surface area (Å²) < 4.78 is 5.55. The summed E-state index contributed by atoms with van der Waals surface area (Å²) in [6.07, 6.45) is 4.26. The summed E-state index contributed by atoms with van der Waals surface area (Å²) in [5, 5.41) is 0.550. The fourth-order valence-corrected chi connectivity index (χ4v) is 5.70. The van der Waals surface area contributed by atoms with Crippen LogP contribution in [0, 0.1) is 5.41 Å². The SMILES string of the molecule is CCOC(=O)C12CCC3SCCN3C1=CCN(Cc1ccccc1)C2. The van der Waals surface area contributed by atoms with Crippen molar-refractivity contribution >= 4 is 17.7 Å². The molecule has 0 spiro atoms. The number of ether oxygens (including phenoxy) is 1. The maximum Gasteiger partial charge on any atom is 0.319 e. The number of rotatable bonds is 4. The van der Waals surface area contributed by atoms with Crippen molar-refractivity contribution in [1.82, 2.24) is 9.80 Å². The van der Waals surface area contributed by atoms with E-state index in [9.17, 15) is 4.79 Å². The lowest BCUT2D eigenvalue weighted by molar-refractivity contribution is -0.158. The molecule has 0 N–H and O–H groups in total. The molecule has 25 heavy (non-hydrogen) atoms. The second-order valence-corrected chi connectivity index (χ2v) is 8.39. The first-order valence-electron chi connectivity index (χ1n) is 9.25. The quantitative estimate of drug-likeness (QED) is 0.773. The number of carbonyl (C=O) groups excluding carboxylic acids is 1. The van der Waals surface area contributed by atoms with Crippen molar-refractivity contribution in [2.24, 2.45) is 5.41 Å². The van der Waals surface area contributed by atoms with Crippen LogP contribution in [0.15, 0.2) is 42.1 Å². The Balaban J connectivity index is 1.62. The number of nitrogens with zero attached hydrogens (tertiary/aromatic N) is 2. The fraction of sp³-hybridized carbons (Fsp3) is 0.550. The number of piperidine rings is 1. The second-order valence-electron chi connectivity index (χ2n) is 7.10. The topological polar surface area (TPSA) is 32.8 Å². The highest BCUT2D eigenvalue weighted by Gasteiger charge is 2.53. The van der Waals surface area contributed by atoms with Gasteiger partial charge in [-0.1, -0.05) is 30.3 Å². The third-order valence-electron chi connectivity index (χ3n) is 5.56. The Bertz CT molecular complexity index is 663. The Labute approximate surface area is 154 Å². The van der Waals surface area contributed by atoms with Crippen LogP contribution in [0.4, 0.5) is 0 Å². The van der Waals surface area contributed by atoms with Crippen LogP contribution in [0.5, 0.6) is 0 Å². The number of fused-ring (bicyclic) bond motifs is 3. The van der Waals surface area contributed by atoms with Gasteiger partial charge in [0, 0.05) is 37.6 Å². The van der Waals surface area contributed by atoms with Crippen LogP contribution >= 0.6 is 11.8 Å². The van der Waals surface area contributed by atoms with Crippen LogP contribution in [-0.4, -0.2) is 53.1 Å². The molecule has 0 aliphatic carbocycles. The number of hydrogen-bond acceptors (Lipinski definition) is 5. The van der Waals surface area contributed by atoms with Gasteiger partial charge in [0.1, 0.15) is 5.41 Å². The van der Waals surface area contributed by atoms with E-state index in [4.69, 9.17) is 4.74 Å². The maximum absolute atomic E-state index is 13.0. The van der Waals surface area contributed by atoms with Gasteiger partial charge in [-0.15, -0.1) is 11.8 Å². The monoisotopic (exact) mass is 358 g/mol. The Hall–Kier alpha value is -1.46. The lowest BCUT2D eigenvalue weighted by Crippen LogP contribution is -2.56. The van der Waals surface area contributed by atoms with Gasteiger partial charge < -0.3 is 9.64 Å². The van der Waals surface area contributed by atoms with E-state index in [0.29, 0.717) is 12.0 Å². The molecule has 3 aliphatic heterocycles. The standard InChI is InChI=1S/C20H26N2O2S/c1-2-24-19(23)20-10-8-18-22(12-13-25-18)17(20)9-11-21(15-20)14-16-6-4-3-5-7-16/h3-7,9,18H,2,8,10-15H2,1H3. The summed E-state index contributed by atoms with van der Waals surface area (Å²) in [5.41, 5.74) is 2.05. The van der Waals surface area contributed by atoms with Crippen molar-refractivity contribution in [2.45, 2.75) is 31.7 Å². The van der Waals surface area contributed by atoms with E-state index in [-0.39, 0.29) is 5.97 Å². The minimum absolute atomic E-state index is 0.0330. The van der Waals surface area contributed by atoms with E-state index in [2.05, 4.69) is 40.1 Å². The largest absolute Gasteiger partial charge is 0.465 e. The molecule has 1 aromatic carbocycles. The molecule has 0 saturated carbocycles. The van der Waals surface area contributed by atoms with E-state index in [1.807, 2.05) is 24.8 Å². The molecule has 134 valence electrons. The highest BCUT2D eigenvalue weighted by atomic mass is 32.2. The summed E-state index contributed by atoms with van der Waals surface area (Å²) >= 11 is 2.03. The van der Waals surface area contributed by atoms with Gasteiger partial charge in [-0.2, -0.15) is 0 Å². The molecule has 5 heteroatoms. The third kappa shape index (κ3) is 3.08. The van der Waals surface area contributed by atoms with Gasteiger partial charge in [-0.05, 0) is 31.4 Å². The minimum Gasteiger partial charge on any atom is -0.465 e. The maximum atomic E-state index is 13.0. The average Bonchev–Trinajstić information content (AvgIpc) is 3.11. The highest BCUT2D eigenvalue weighted by molar-refractivity contribution is 8.00. The van der Waals surface area contributed by atoms with Gasteiger partial charge in [0.05, 0.1) is 12.0 Å². The van der Waals surface area contributed by atoms with E-state index >= 15 is 0 Å². The highest BCUT2D eigenvalue weighted by Crippen LogP contribution is 2.49. The zero-order valence-electron chi connectivity index (χ0n) is 14.8. The summed E-state index contributed by atoms with van der Waals surface area (Å²) in [5.74, 6) is 1.13. The van der Waals surface area contributed by atoms with Crippen molar-refractivity contribution in [3.05, 3.63) is 47.7 Å². The van der Waals surface area contributed by atoms with Gasteiger partial charge in [-0.3, -0.25) is 9.69 Å². The third-order valence-corrected chi connectivity index (χ3v) is 6.85. The van der Waals surface area contributed by atoms with Gasteiger partial charge in [-0.25, -0.2) is 0 Å². The Morgan fingerprint density at radius 2 is 2.20 bits per heavy atom. The van der Waals surface area contributed by atoms with Gasteiger partial charge in [0.25, 0.3) is 0 Å².